The van der Waals surface area contributed by atoms with Crippen LogP contribution >= 0.6 is 0 Å². The maximum Gasteiger partial charge on any atom is 0.261 e. The number of aryl methyl sites for hydroxylation is 2. The quantitative estimate of drug-likeness (QED) is 0.732. The van der Waals surface area contributed by atoms with Gasteiger partial charge in [-0.25, -0.2) is 0 Å². The Hall–Kier alpha value is -2.49. The Morgan fingerprint density at radius 3 is 2.58 bits per heavy atom. The van der Waals surface area contributed by atoms with Crippen molar-refractivity contribution in [3.05, 3.63) is 59.7 Å². The smallest absolute Gasteiger partial charge is 0.261 e. The van der Waals surface area contributed by atoms with Crippen molar-refractivity contribution in [1.82, 2.24) is 5.32 Å². The fourth-order valence-corrected chi connectivity index (χ4v) is 3.24. The van der Waals surface area contributed by atoms with Crippen LogP contribution in [0.2, 0.25) is 0 Å². The molecule has 138 valence electrons. The van der Waals surface area contributed by atoms with Gasteiger partial charge in [-0.2, -0.15) is 0 Å². The minimum absolute atomic E-state index is 0.0955. The molecule has 1 amide bonds. The van der Waals surface area contributed by atoms with Crippen LogP contribution in [0, 0.1) is 0 Å². The summed E-state index contributed by atoms with van der Waals surface area (Å²) in [5, 5.41) is 2.90. The molecule has 0 unspecified atom stereocenters. The fourth-order valence-electron chi connectivity index (χ4n) is 3.24. The van der Waals surface area contributed by atoms with E-state index in [2.05, 4.69) is 17.4 Å². The molecule has 0 saturated carbocycles. The molecule has 0 spiro atoms. The number of nitrogens with one attached hydrogen (secondary N) is 1. The number of hydrogen-bond donors (Lipinski definition) is 1. The molecule has 26 heavy (non-hydrogen) atoms. The van der Waals surface area contributed by atoms with E-state index in [-0.39, 0.29) is 5.91 Å². The lowest BCUT2D eigenvalue weighted by Gasteiger charge is -2.20. The van der Waals surface area contributed by atoms with Crippen LogP contribution in [-0.4, -0.2) is 25.2 Å². The van der Waals surface area contributed by atoms with Gasteiger partial charge >= 0.3 is 0 Å². The highest BCUT2D eigenvalue weighted by Gasteiger charge is 2.19. The monoisotopic (exact) mass is 353 g/mol. The first-order valence-corrected chi connectivity index (χ1v) is 9.50. The SMILES string of the molecule is CC[C@H](Oc1ccc2c(c1)CCCC2)C(=O)NCCOc1ccccc1. The molecule has 0 radical (unpaired) electrons. The summed E-state index contributed by atoms with van der Waals surface area (Å²) in [4.78, 5) is 12.4. The maximum atomic E-state index is 12.4. The third-order valence-electron chi connectivity index (χ3n) is 4.67. The van der Waals surface area contributed by atoms with Crippen molar-refractivity contribution in [1.29, 1.82) is 0 Å². The summed E-state index contributed by atoms with van der Waals surface area (Å²) in [7, 11) is 0. The first-order valence-electron chi connectivity index (χ1n) is 9.50. The van der Waals surface area contributed by atoms with E-state index in [0.29, 0.717) is 19.6 Å². The molecule has 0 heterocycles. The molecule has 1 aliphatic carbocycles. The summed E-state index contributed by atoms with van der Waals surface area (Å²) in [5.41, 5.74) is 2.78. The number of fused-ring (bicyclic) bond motifs is 1. The van der Waals surface area contributed by atoms with Gasteiger partial charge in [0.25, 0.3) is 5.91 Å². The molecule has 0 saturated heterocycles. The van der Waals surface area contributed by atoms with E-state index in [1.807, 2.05) is 43.3 Å². The first-order chi connectivity index (χ1) is 12.8. The highest BCUT2D eigenvalue weighted by molar-refractivity contribution is 5.81. The van der Waals surface area contributed by atoms with Gasteiger partial charge in [0.1, 0.15) is 18.1 Å². The Kier molecular flexibility index (Phi) is 6.53. The van der Waals surface area contributed by atoms with Crippen molar-refractivity contribution < 1.29 is 14.3 Å². The van der Waals surface area contributed by atoms with E-state index in [1.54, 1.807) is 0 Å². The summed E-state index contributed by atoms with van der Waals surface area (Å²) in [5.74, 6) is 1.49. The second kappa shape index (κ2) is 9.27. The zero-order valence-electron chi connectivity index (χ0n) is 15.4. The Morgan fingerprint density at radius 2 is 1.81 bits per heavy atom. The largest absolute Gasteiger partial charge is 0.492 e. The van der Waals surface area contributed by atoms with Crippen LogP contribution in [0.3, 0.4) is 0 Å². The summed E-state index contributed by atoms with van der Waals surface area (Å²) in [6.07, 6.45) is 4.89. The Labute approximate surface area is 155 Å². The second-order valence-corrected chi connectivity index (χ2v) is 6.60. The molecule has 4 heteroatoms. The number of carbonyl (C=O) groups is 1. The van der Waals surface area contributed by atoms with Crippen molar-refractivity contribution in [2.45, 2.75) is 45.1 Å². The number of rotatable bonds is 8. The molecule has 1 atom stereocenters. The van der Waals surface area contributed by atoms with Crippen molar-refractivity contribution in [3.63, 3.8) is 0 Å². The predicted octanol–water partition coefficient (Wildman–Crippen LogP) is 3.92. The van der Waals surface area contributed by atoms with Crippen LogP contribution in [0.5, 0.6) is 11.5 Å². The van der Waals surface area contributed by atoms with Crippen molar-refractivity contribution in [3.8, 4) is 11.5 Å². The van der Waals surface area contributed by atoms with Crippen molar-refractivity contribution in [2.75, 3.05) is 13.2 Å². The third kappa shape index (κ3) is 5.01. The van der Waals surface area contributed by atoms with Gasteiger partial charge in [0.15, 0.2) is 6.10 Å². The fraction of sp³-hybridized carbons (Fsp3) is 0.409. The van der Waals surface area contributed by atoms with E-state index in [1.165, 1.54) is 24.0 Å². The van der Waals surface area contributed by atoms with Gasteiger partial charge in [0.2, 0.25) is 0 Å². The zero-order chi connectivity index (χ0) is 18.2. The van der Waals surface area contributed by atoms with E-state index >= 15 is 0 Å². The molecular formula is C22H27NO3. The van der Waals surface area contributed by atoms with Gasteiger partial charge in [0.05, 0.1) is 6.54 Å². The minimum atomic E-state index is -0.478. The van der Waals surface area contributed by atoms with Crippen LogP contribution in [0.4, 0.5) is 0 Å². The van der Waals surface area contributed by atoms with Crippen LogP contribution in [-0.2, 0) is 17.6 Å². The van der Waals surface area contributed by atoms with E-state index in [0.717, 1.165) is 24.3 Å². The summed E-state index contributed by atoms with van der Waals surface area (Å²) >= 11 is 0. The van der Waals surface area contributed by atoms with Gasteiger partial charge in [-0.05, 0) is 67.5 Å². The molecule has 2 aromatic rings. The van der Waals surface area contributed by atoms with E-state index in [9.17, 15) is 4.79 Å². The Morgan fingerprint density at radius 1 is 1.04 bits per heavy atom. The van der Waals surface area contributed by atoms with Crippen LogP contribution in [0.25, 0.3) is 0 Å². The lowest BCUT2D eigenvalue weighted by atomic mass is 9.92. The second-order valence-electron chi connectivity index (χ2n) is 6.60. The van der Waals surface area contributed by atoms with Gasteiger partial charge in [0, 0.05) is 0 Å². The van der Waals surface area contributed by atoms with Gasteiger partial charge in [-0.1, -0.05) is 31.2 Å². The number of para-hydroxylation sites is 1. The number of carbonyl (C=O) groups excluding carboxylic acids is 1. The molecule has 0 aromatic heterocycles. The van der Waals surface area contributed by atoms with Crippen LogP contribution in [0.15, 0.2) is 48.5 Å². The normalized spacial score (nSPS) is 14.2. The highest BCUT2D eigenvalue weighted by Crippen LogP contribution is 2.26. The van der Waals surface area contributed by atoms with E-state index < -0.39 is 6.10 Å². The predicted molar refractivity (Wildman–Crippen MR) is 103 cm³/mol. The molecule has 1 N–H and O–H groups in total. The topological polar surface area (TPSA) is 47.6 Å². The van der Waals surface area contributed by atoms with Gasteiger partial charge in [-0.3, -0.25) is 4.79 Å². The summed E-state index contributed by atoms with van der Waals surface area (Å²) < 4.78 is 11.5. The zero-order valence-corrected chi connectivity index (χ0v) is 15.4. The minimum Gasteiger partial charge on any atom is -0.492 e. The molecule has 1 aliphatic rings. The van der Waals surface area contributed by atoms with Crippen LogP contribution in [0.1, 0.15) is 37.3 Å². The summed E-state index contributed by atoms with van der Waals surface area (Å²) in [6, 6.07) is 15.8. The molecule has 4 nitrogen and oxygen atoms in total. The van der Waals surface area contributed by atoms with E-state index in [4.69, 9.17) is 9.47 Å². The molecule has 3 rings (SSSR count). The number of amides is 1. The first kappa shape index (κ1) is 18.3. The standard InChI is InChI=1S/C22H27NO3/c1-2-21(22(24)23-14-15-25-19-10-4-3-5-11-19)26-20-13-12-17-8-6-7-9-18(17)16-20/h3-5,10-13,16,21H,2,6-9,14-15H2,1H3,(H,23,24)/t21-/m0/s1. The lowest BCUT2D eigenvalue weighted by Crippen LogP contribution is -2.39. The molecule has 0 aliphatic heterocycles. The van der Waals surface area contributed by atoms with Gasteiger partial charge < -0.3 is 14.8 Å². The van der Waals surface area contributed by atoms with Gasteiger partial charge in [-0.15, -0.1) is 0 Å². The average Bonchev–Trinajstić information content (AvgIpc) is 2.70. The molecular weight excluding hydrogens is 326 g/mol. The summed E-state index contributed by atoms with van der Waals surface area (Å²) in [6.45, 7) is 2.85. The third-order valence-corrected chi connectivity index (χ3v) is 4.67. The number of benzene rings is 2. The average molecular weight is 353 g/mol. The molecule has 0 bridgehead atoms. The highest BCUT2D eigenvalue weighted by atomic mass is 16.5. The molecule has 0 fully saturated rings. The number of hydrogen-bond acceptors (Lipinski definition) is 3. The van der Waals surface area contributed by atoms with Crippen molar-refractivity contribution in [2.24, 2.45) is 0 Å². The van der Waals surface area contributed by atoms with Crippen LogP contribution < -0.4 is 14.8 Å². The number of ether oxygens (including phenoxy) is 2. The van der Waals surface area contributed by atoms with Crippen molar-refractivity contribution >= 4 is 5.91 Å². The Bertz CT molecular complexity index is 715. The Balaban J connectivity index is 1.47. The maximum absolute atomic E-state index is 12.4. The lowest BCUT2D eigenvalue weighted by molar-refractivity contribution is -0.128. The molecule has 2 aromatic carbocycles.